The van der Waals surface area contributed by atoms with E-state index in [0.29, 0.717) is 17.1 Å². The van der Waals surface area contributed by atoms with Crippen LogP contribution in [0.5, 0.6) is 0 Å². The van der Waals surface area contributed by atoms with Gasteiger partial charge in [0.1, 0.15) is 0 Å². The topological polar surface area (TPSA) is 49.3 Å². The second-order valence-corrected chi connectivity index (χ2v) is 6.46. The summed E-state index contributed by atoms with van der Waals surface area (Å²) in [6.07, 6.45) is 9.74. The minimum absolute atomic E-state index is 0. The first-order chi connectivity index (χ1) is 11.0. The van der Waals surface area contributed by atoms with E-state index in [0.717, 1.165) is 25.7 Å². The van der Waals surface area contributed by atoms with Crippen LogP contribution in [0.1, 0.15) is 39.0 Å². The predicted octanol–water partition coefficient (Wildman–Crippen LogP) is 4.63. The summed E-state index contributed by atoms with van der Waals surface area (Å²) in [5.41, 5.74) is -0.463. The maximum Gasteiger partial charge on any atom is 0.234 e. The summed E-state index contributed by atoms with van der Waals surface area (Å²) in [4.78, 5) is 12.6. The Kier molecular flexibility index (Phi) is 8.90. The van der Waals surface area contributed by atoms with Crippen molar-refractivity contribution in [2.45, 2.75) is 44.6 Å². The molecule has 5 heteroatoms. The number of hydrogen-bond donors (Lipinski definition) is 2. The maximum absolute atomic E-state index is 12.6. The SMILES string of the molecule is CCCCCCC1(O)C=CC(Cl)=CC1C(=O)Nc1ccccc1.[Zn]. The van der Waals surface area contributed by atoms with Crippen molar-refractivity contribution < 1.29 is 29.4 Å². The van der Waals surface area contributed by atoms with Gasteiger partial charge < -0.3 is 10.4 Å². The van der Waals surface area contributed by atoms with Gasteiger partial charge >= 0.3 is 0 Å². The molecule has 0 saturated heterocycles. The molecule has 2 N–H and O–H groups in total. The molecule has 0 fully saturated rings. The van der Waals surface area contributed by atoms with Crippen molar-refractivity contribution in [3.63, 3.8) is 0 Å². The number of halogens is 1. The number of allylic oxidation sites excluding steroid dienone is 2. The fourth-order valence-corrected chi connectivity index (χ4v) is 2.99. The normalized spacial score (nSPS) is 22.5. The molecule has 0 radical (unpaired) electrons. The van der Waals surface area contributed by atoms with E-state index in [1.165, 1.54) is 0 Å². The standard InChI is InChI=1S/C19H24ClNO2.Zn/c1-2-3-4-8-12-19(23)13-11-15(20)14-17(19)18(22)21-16-9-6-5-7-10-16;/h5-7,9-11,13-14,17,23H,2-4,8,12H2,1H3,(H,21,22);. The zero-order chi connectivity index (χ0) is 16.7. The first-order valence-electron chi connectivity index (χ1n) is 8.20. The van der Waals surface area contributed by atoms with Crippen molar-refractivity contribution in [1.29, 1.82) is 0 Å². The van der Waals surface area contributed by atoms with Gasteiger partial charge in [-0.15, -0.1) is 0 Å². The molecule has 2 rings (SSSR count). The van der Waals surface area contributed by atoms with Crippen LogP contribution in [0.2, 0.25) is 0 Å². The van der Waals surface area contributed by atoms with Crippen LogP contribution in [0.15, 0.2) is 53.6 Å². The molecule has 0 spiro atoms. The zero-order valence-corrected chi connectivity index (χ0v) is 17.9. The zero-order valence-electron chi connectivity index (χ0n) is 14.2. The van der Waals surface area contributed by atoms with Gasteiger partial charge in [-0.3, -0.25) is 4.79 Å². The molecule has 1 aliphatic carbocycles. The van der Waals surface area contributed by atoms with E-state index in [9.17, 15) is 9.90 Å². The Morgan fingerprint density at radius 2 is 1.96 bits per heavy atom. The van der Waals surface area contributed by atoms with Gasteiger partial charge in [-0.1, -0.05) is 74.6 Å². The molecule has 1 aliphatic rings. The first-order valence-corrected chi connectivity index (χ1v) is 8.58. The second-order valence-electron chi connectivity index (χ2n) is 6.02. The molecule has 1 amide bonds. The molecule has 0 heterocycles. The third-order valence-electron chi connectivity index (χ3n) is 4.15. The van der Waals surface area contributed by atoms with E-state index in [-0.39, 0.29) is 25.4 Å². The average Bonchev–Trinajstić information content (AvgIpc) is 2.55. The average molecular weight is 399 g/mol. The molecule has 1 aromatic carbocycles. The van der Waals surface area contributed by atoms with E-state index < -0.39 is 11.5 Å². The molecular weight excluding hydrogens is 375 g/mol. The van der Waals surface area contributed by atoms with Crippen LogP contribution in [-0.4, -0.2) is 16.6 Å². The van der Waals surface area contributed by atoms with Gasteiger partial charge in [0.05, 0.1) is 11.5 Å². The number of unbranched alkanes of at least 4 members (excludes halogenated alkanes) is 3. The molecule has 0 aliphatic heterocycles. The Bertz CT molecular complexity index is 588. The molecular formula is C19H24ClNO2Zn. The fourth-order valence-electron chi connectivity index (χ4n) is 2.80. The molecule has 24 heavy (non-hydrogen) atoms. The summed E-state index contributed by atoms with van der Waals surface area (Å²) >= 11 is 6.05. The number of benzene rings is 1. The Morgan fingerprint density at radius 1 is 1.25 bits per heavy atom. The van der Waals surface area contributed by atoms with Crippen LogP contribution in [0, 0.1) is 5.92 Å². The summed E-state index contributed by atoms with van der Waals surface area (Å²) in [5, 5.41) is 14.3. The van der Waals surface area contributed by atoms with Gasteiger partial charge in [0.15, 0.2) is 0 Å². The number of carbonyl (C=O) groups excluding carboxylic acids is 1. The largest absolute Gasteiger partial charge is 0.385 e. The van der Waals surface area contributed by atoms with E-state index in [2.05, 4.69) is 12.2 Å². The van der Waals surface area contributed by atoms with Crippen molar-refractivity contribution in [3.8, 4) is 0 Å². The summed E-state index contributed by atoms with van der Waals surface area (Å²) in [6.45, 7) is 2.15. The Hall–Kier alpha value is -0.957. The molecule has 0 saturated carbocycles. The van der Waals surface area contributed by atoms with Crippen molar-refractivity contribution in [1.82, 2.24) is 0 Å². The van der Waals surface area contributed by atoms with E-state index in [4.69, 9.17) is 11.6 Å². The summed E-state index contributed by atoms with van der Waals surface area (Å²) in [7, 11) is 0. The first kappa shape index (κ1) is 21.1. The number of amides is 1. The predicted molar refractivity (Wildman–Crippen MR) is 95.3 cm³/mol. The van der Waals surface area contributed by atoms with E-state index in [1.54, 1.807) is 18.2 Å². The van der Waals surface area contributed by atoms with Crippen molar-refractivity contribution >= 4 is 23.2 Å². The molecule has 2 atom stereocenters. The smallest absolute Gasteiger partial charge is 0.234 e. The molecule has 2 unspecified atom stereocenters. The molecule has 3 nitrogen and oxygen atoms in total. The number of nitrogens with one attached hydrogen (secondary N) is 1. The van der Waals surface area contributed by atoms with Crippen LogP contribution < -0.4 is 5.32 Å². The Labute approximate surface area is 161 Å². The maximum atomic E-state index is 12.6. The van der Waals surface area contributed by atoms with Crippen LogP contribution >= 0.6 is 11.6 Å². The van der Waals surface area contributed by atoms with Crippen LogP contribution in [0.3, 0.4) is 0 Å². The number of aliphatic hydroxyl groups is 1. The van der Waals surface area contributed by atoms with Crippen LogP contribution in [-0.2, 0) is 24.3 Å². The summed E-state index contributed by atoms with van der Waals surface area (Å²) in [5.74, 6) is -0.918. The molecule has 126 valence electrons. The van der Waals surface area contributed by atoms with Crippen molar-refractivity contribution in [2.75, 3.05) is 5.32 Å². The summed E-state index contributed by atoms with van der Waals surface area (Å²) in [6, 6.07) is 9.25. The third-order valence-corrected chi connectivity index (χ3v) is 4.40. The number of hydrogen-bond acceptors (Lipinski definition) is 2. The minimum atomic E-state index is -1.18. The molecule has 1 aromatic rings. The third kappa shape index (κ3) is 5.84. The van der Waals surface area contributed by atoms with Gasteiger partial charge in [-0.2, -0.15) is 0 Å². The van der Waals surface area contributed by atoms with Gasteiger partial charge in [0.25, 0.3) is 0 Å². The second kappa shape index (κ2) is 10.1. The number of para-hydroxylation sites is 1. The van der Waals surface area contributed by atoms with E-state index in [1.807, 2.05) is 30.3 Å². The molecule has 0 bridgehead atoms. The van der Waals surface area contributed by atoms with Crippen LogP contribution in [0.25, 0.3) is 0 Å². The van der Waals surface area contributed by atoms with Gasteiger partial charge in [0, 0.05) is 30.2 Å². The minimum Gasteiger partial charge on any atom is -0.385 e. The van der Waals surface area contributed by atoms with Gasteiger partial charge in [-0.25, -0.2) is 0 Å². The van der Waals surface area contributed by atoms with Crippen molar-refractivity contribution in [2.24, 2.45) is 5.92 Å². The number of carbonyl (C=O) groups is 1. The van der Waals surface area contributed by atoms with Gasteiger partial charge in [0.2, 0.25) is 5.91 Å². The number of anilines is 1. The van der Waals surface area contributed by atoms with Gasteiger partial charge in [-0.05, 0) is 24.6 Å². The monoisotopic (exact) mass is 397 g/mol. The summed E-state index contributed by atoms with van der Waals surface area (Å²) < 4.78 is 0. The Balaban J connectivity index is 0.00000288. The van der Waals surface area contributed by atoms with Crippen LogP contribution in [0.4, 0.5) is 5.69 Å². The van der Waals surface area contributed by atoms with E-state index >= 15 is 0 Å². The fraction of sp³-hybridized carbons (Fsp3) is 0.421. The quantitative estimate of drug-likeness (QED) is 0.519. The Morgan fingerprint density at radius 3 is 2.62 bits per heavy atom. The molecule has 0 aromatic heterocycles. The number of rotatable bonds is 7. The van der Waals surface area contributed by atoms with Crippen molar-refractivity contribution in [3.05, 3.63) is 53.6 Å².